The molecular weight excluding hydrogens is 247 g/mol. The molecule has 1 unspecified atom stereocenters. The number of sulfonamides is 1. The molecule has 0 aromatic rings. The van der Waals surface area contributed by atoms with Gasteiger partial charge in [0.15, 0.2) is 6.10 Å². The van der Waals surface area contributed by atoms with Crippen molar-refractivity contribution in [1.29, 1.82) is 0 Å². The zero-order valence-electron chi connectivity index (χ0n) is 9.30. The third-order valence-corrected chi connectivity index (χ3v) is 3.35. The van der Waals surface area contributed by atoms with Crippen molar-refractivity contribution < 1.29 is 26.7 Å². The molecule has 0 bridgehead atoms. The van der Waals surface area contributed by atoms with Gasteiger partial charge in [0.2, 0.25) is 10.0 Å². The Hall–Kier alpha value is -0.340. The average Bonchev–Trinajstić information content (AvgIpc) is 1.93. The molecule has 0 rings (SSSR count). The summed E-state index contributed by atoms with van der Waals surface area (Å²) in [6.07, 6.45) is -7.49. The van der Waals surface area contributed by atoms with Crippen molar-refractivity contribution in [3.63, 3.8) is 0 Å². The van der Waals surface area contributed by atoms with E-state index in [9.17, 15) is 21.6 Å². The number of aliphatic hydroxyl groups is 1. The van der Waals surface area contributed by atoms with E-state index in [1.165, 1.54) is 0 Å². The molecule has 98 valence electrons. The van der Waals surface area contributed by atoms with Crippen molar-refractivity contribution in [3.05, 3.63) is 0 Å². The maximum atomic E-state index is 11.9. The molecule has 16 heavy (non-hydrogen) atoms. The van der Waals surface area contributed by atoms with E-state index in [4.69, 9.17) is 5.11 Å². The van der Waals surface area contributed by atoms with Gasteiger partial charge >= 0.3 is 6.18 Å². The fourth-order valence-corrected chi connectivity index (χ4v) is 2.60. The number of hydrogen-bond acceptors (Lipinski definition) is 3. The summed E-state index contributed by atoms with van der Waals surface area (Å²) in [5.74, 6) is -0.301. The monoisotopic (exact) mass is 263 g/mol. The highest BCUT2D eigenvalue weighted by molar-refractivity contribution is 7.89. The number of halogens is 3. The Bertz CT molecular complexity index is 318. The van der Waals surface area contributed by atoms with Crippen LogP contribution in [-0.4, -0.2) is 38.1 Å². The topological polar surface area (TPSA) is 66.4 Å². The fraction of sp³-hybridized carbons (Fsp3) is 1.00. The molecule has 0 amide bonds. The minimum absolute atomic E-state index is 0.301. The van der Waals surface area contributed by atoms with Crippen molar-refractivity contribution in [2.24, 2.45) is 5.41 Å². The molecule has 4 nitrogen and oxygen atoms in total. The molecule has 0 aliphatic carbocycles. The molecule has 0 saturated heterocycles. The van der Waals surface area contributed by atoms with Crippen molar-refractivity contribution in [3.8, 4) is 0 Å². The van der Waals surface area contributed by atoms with Gasteiger partial charge in [0.1, 0.15) is 0 Å². The molecule has 0 aliphatic rings. The van der Waals surface area contributed by atoms with Gasteiger partial charge in [-0.1, -0.05) is 20.8 Å². The summed E-state index contributed by atoms with van der Waals surface area (Å²) >= 11 is 0. The first-order valence-electron chi connectivity index (χ1n) is 4.56. The molecule has 0 spiro atoms. The van der Waals surface area contributed by atoms with E-state index in [1.54, 1.807) is 25.5 Å². The Morgan fingerprint density at radius 1 is 1.25 bits per heavy atom. The van der Waals surface area contributed by atoms with Crippen molar-refractivity contribution in [1.82, 2.24) is 4.72 Å². The summed E-state index contributed by atoms with van der Waals surface area (Å²) in [5, 5.41) is 8.60. The van der Waals surface area contributed by atoms with E-state index in [2.05, 4.69) is 0 Å². The first-order chi connectivity index (χ1) is 6.83. The van der Waals surface area contributed by atoms with Gasteiger partial charge in [-0.25, -0.2) is 13.1 Å². The van der Waals surface area contributed by atoms with E-state index >= 15 is 0 Å². The Balaban J connectivity index is 4.32. The molecule has 2 N–H and O–H groups in total. The highest BCUT2D eigenvalue weighted by Crippen LogP contribution is 2.20. The van der Waals surface area contributed by atoms with Crippen LogP contribution in [0.15, 0.2) is 0 Å². The second kappa shape index (κ2) is 4.89. The van der Waals surface area contributed by atoms with Crippen LogP contribution in [0.2, 0.25) is 0 Å². The van der Waals surface area contributed by atoms with Gasteiger partial charge in [-0.3, -0.25) is 0 Å². The fourth-order valence-electron chi connectivity index (χ4n) is 0.943. The molecule has 8 heteroatoms. The van der Waals surface area contributed by atoms with E-state index in [0.717, 1.165) is 0 Å². The van der Waals surface area contributed by atoms with Crippen LogP contribution in [0.25, 0.3) is 0 Å². The molecule has 1 atom stereocenters. The Labute approximate surface area is 92.9 Å². The van der Waals surface area contributed by atoms with Gasteiger partial charge in [0, 0.05) is 6.54 Å². The zero-order valence-corrected chi connectivity index (χ0v) is 10.1. The third kappa shape index (κ3) is 7.02. The minimum Gasteiger partial charge on any atom is -0.382 e. The lowest BCUT2D eigenvalue weighted by atomic mass is 10.0. The van der Waals surface area contributed by atoms with Crippen LogP contribution in [-0.2, 0) is 10.0 Å². The number of rotatable bonds is 4. The van der Waals surface area contributed by atoms with E-state index in [1.807, 2.05) is 0 Å². The predicted octanol–water partition coefficient (Wildman–Crippen LogP) is 0.875. The zero-order chi connectivity index (χ0) is 13.2. The van der Waals surface area contributed by atoms with Crippen LogP contribution in [0.5, 0.6) is 0 Å². The second-order valence-corrected chi connectivity index (χ2v) is 6.53. The van der Waals surface area contributed by atoms with Crippen LogP contribution >= 0.6 is 0 Å². The second-order valence-electron chi connectivity index (χ2n) is 4.73. The molecule has 0 radical (unpaired) electrons. The van der Waals surface area contributed by atoms with Gasteiger partial charge in [-0.05, 0) is 5.41 Å². The first-order valence-corrected chi connectivity index (χ1v) is 6.21. The molecule has 0 saturated carbocycles. The van der Waals surface area contributed by atoms with Gasteiger partial charge in [-0.15, -0.1) is 0 Å². The summed E-state index contributed by atoms with van der Waals surface area (Å²) in [7, 11) is -3.80. The molecule has 0 aromatic heterocycles. The van der Waals surface area contributed by atoms with Crippen molar-refractivity contribution >= 4 is 10.0 Å². The van der Waals surface area contributed by atoms with E-state index < -0.39 is 34.3 Å². The molecule has 0 aromatic carbocycles. The smallest absolute Gasteiger partial charge is 0.382 e. The maximum Gasteiger partial charge on any atom is 0.415 e. The van der Waals surface area contributed by atoms with Crippen LogP contribution < -0.4 is 4.72 Å². The largest absolute Gasteiger partial charge is 0.415 e. The van der Waals surface area contributed by atoms with Gasteiger partial charge in [-0.2, -0.15) is 13.2 Å². The van der Waals surface area contributed by atoms with Crippen LogP contribution in [0.1, 0.15) is 20.8 Å². The van der Waals surface area contributed by atoms with Crippen molar-refractivity contribution in [2.45, 2.75) is 33.1 Å². The normalized spacial score (nSPS) is 16.2. The lowest BCUT2D eigenvalue weighted by molar-refractivity contribution is -0.200. The lowest BCUT2D eigenvalue weighted by Gasteiger charge is -2.20. The molecule has 0 heterocycles. The van der Waals surface area contributed by atoms with Gasteiger partial charge in [0.05, 0.1) is 5.75 Å². The Morgan fingerprint density at radius 3 is 2.00 bits per heavy atom. The quantitative estimate of drug-likeness (QED) is 0.791. The minimum atomic E-state index is -4.82. The molecule has 0 aliphatic heterocycles. The number of hydrogen-bond donors (Lipinski definition) is 2. The maximum absolute atomic E-state index is 11.9. The summed E-state index contributed by atoms with van der Waals surface area (Å²) in [6.45, 7) is 3.88. The highest BCUT2D eigenvalue weighted by atomic mass is 32.2. The highest BCUT2D eigenvalue weighted by Gasteiger charge is 2.38. The van der Waals surface area contributed by atoms with Crippen LogP contribution in [0.4, 0.5) is 13.2 Å². The molecule has 0 fully saturated rings. The summed E-state index contributed by atoms with van der Waals surface area (Å²) < 4.78 is 59.9. The predicted molar refractivity (Wildman–Crippen MR) is 53.3 cm³/mol. The van der Waals surface area contributed by atoms with E-state index in [-0.39, 0.29) is 5.75 Å². The summed E-state index contributed by atoms with van der Waals surface area (Å²) in [4.78, 5) is 0. The summed E-state index contributed by atoms with van der Waals surface area (Å²) in [6, 6.07) is 0. The third-order valence-electron chi connectivity index (χ3n) is 1.50. The summed E-state index contributed by atoms with van der Waals surface area (Å²) in [5.41, 5.74) is -0.560. The Kier molecular flexibility index (Phi) is 4.78. The van der Waals surface area contributed by atoms with Gasteiger partial charge < -0.3 is 5.11 Å². The van der Waals surface area contributed by atoms with Gasteiger partial charge in [0.25, 0.3) is 0 Å². The van der Waals surface area contributed by atoms with E-state index in [0.29, 0.717) is 0 Å². The first kappa shape index (κ1) is 15.7. The Morgan fingerprint density at radius 2 is 1.69 bits per heavy atom. The van der Waals surface area contributed by atoms with Crippen molar-refractivity contribution in [2.75, 3.05) is 12.3 Å². The lowest BCUT2D eigenvalue weighted by Crippen LogP contribution is -2.42. The number of nitrogens with one attached hydrogen (secondary N) is 1. The standard InChI is InChI=1S/C8H16F3NO3S/c1-7(2,3)5-16(14,15)12-4-6(13)8(9,10)11/h6,12-13H,4-5H2,1-3H3. The molecular formula is C8H16F3NO3S. The number of alkyl halides is 3. The van der Waals surface area contributed by atoms with Crippen LogP contribution in [0.3, 0.4) is 0 Å². The SMILES string of the molecule is CC(C)(C)CS(=O)(=O)NCC(O)C(F)(F)F. The number of aliphatic hydroxyl groups excluding tert-OH is 1. The average molecular weight is 263 g/mol. The van der Waals surface area contributed by atoms with Crippen LogP contribution in [0, 0.1) is 5.41 Å².